The van der Waals surface area contributed by atoms with Crippen molar-refractivity contribution in [2.45, 2.75) is 44.5 Å². The fourth-order valence-electron chi connectivity index (χ4n) is 2.53. The van der Waals surface area contributed by atoms with E-state index in [0.717, 1.165) is 16.7 Å². The van der Waals surface area contributed by atoms with Crippen LogP contribution in [0.2, 0.25) is 0 Å². The van der Waals surface area contributed by atoms with Crippen LogP contribution in [0.3, 0.4) is 0 Å². The first-order valence-corrected chi connectivity index (χ1v) is 7.37. The molecule has 1 aliphatic rings. The SMILES string of the molecule is CC1CCCCC1N(C)c1nc(CCl)cs1. The van der Waals surface area contributed by atoms with Crippen molar-refractivity contribution < 1.29 is 0 Å². The summed E-state index contributed by atoms with van der Waals surface area (Å²) in [5.41, 5.74) is 0.997. The molecule has 1 aliphatic carbocycles. The predicted molar refractivity (Wildman–Crippen MR) is 71.5 cm³/mol. The zero-order valence-corrected chi connectivity index (χ0v) is 11.5. The number of hydrogen-bond acceptors (Lipinski definition) is 3. The highest BCUT2D eigenvalue weighted by Crippen LogP contribution is 2.31. The molecule has 0 bridgehead atoms. The lowest BCUT2D eigenvalue weighted by Crippen LogP contribution is -2.38. The number of anilines is 1. The number of rotatable bonds is 3. The van der Waals surface area contributed by atoms with Crippen molar-refractivity contribution in [3.63, 3.8) is 0 Å². The van der Waals surface area contributed by atoms with E-state index in [0.29, 0.717) is 11.9 Å². The second-order valence-electron chi connectivity index (χ2n) is 4.70. The predicted octanol–water partition coefficient (Wildman–Crippen LogP) is 3.90. The minimum absolute atomic E-state index is 0.518. The van der Waals surface area contributed by atoms with E-state index in [1.165, 1.54) is 25.7 Å². The molecule has 1 saturated carbocycles. The van der Waals surface area contributed by atoms with E-state index in [4.69, 9.17) is 11.6 Å². The lowest BCUT2D eigenvalue weighted by Gasteiger charge is -2.36. The number of hydrogen-bond donors (Lipinski definition) is 0. The topological polar surface area (TPSA) is 16.1 Å². The lowest BCUT2D eigenvalue weighted by molar-refractivity contribution is 0.321. The fourth-order valence-corrected chi connectivity index (χ4v) is 3.61. The third kappa shape index (κ3) is 2.51. The van der Waals surface area contributed by atoms with Crippen LogP contribution < -0.4 is 4.90 Å². The Morgan fingerprint density at radius 2 is 2.25 bits per heavy atom. The fraction of sp³-hybridized carbons (Fsp3) is 0.750. The first kappa shape index (κ1) is 12.2. The minimum atomic E-state index is 0.518. The largest absolute Gasteiger partial charge is 0.348 e. The smallest absolute Gasteiger partial charge is 0.185 e. The summed E-state index contributed by atoms with van der Waals surface area (Å²) < 4.78 is 0. The Morgan fingerprint density at radius 3 is 2.88 bits per heavy atom. The summed E-state index contributed by atoms with van der Waals surface area (Å²) in [4.78, 5) is 6.90. The summed E-state index contributed by atoms with van der Waals surface area (Å²) in [5, 5.41) is 3.18. The second kappa shape index (κ2) is 5.37. The van der Waals surface area contributed by atoms with Gasteiger partial charge in [-0.1, -0.05) is 19.8 Å². The van der Waals surface area contributed by atoms with Crippen molar-refractivity contribution in [3.8, 4) is 0 Å². The van der Waals surface area contributed by atoms with Gasteiger partial charge >= 0.3 is 0 Å². The van der Waals surface area contributed by atoms with Gasteiger partial charge in [-0.05, 0) is 18.8 Å². The number of alkyl halides is 1. The molecule has 0 radical (unpaired) electrons. The maximum Gasteiger partial charge on any atom is 0.185 e. The monoisotopic (exact) mass is 258 g/mol. The molecule has 1 fully saturated rings. The number of halogens is 1. The second-order valence-corrected chi connectivity index (χ2v) is 5.80. The van der Waals surface area contributed by atoms with Gasteiger partial charge in [-0.25, -0.2) is 4.98 Å². The molecule has 0 spiro atoms. The van der Waals surface area contributed by atoms with Crippen LogP contribution in [0, 0.1) is 5.92 Å². The quantitative estimate of drug-likeness (QED) is 0.765. The van der Waals surface area contributed by atoms with Crippen molar-refractivity contribution in [2.24, 2.45) is 5.92 Å². The molecule has 0 aromatic carbocycles. The van der Waals surface area contributed by atoms with Crippen molar-refractivity contribution in [2.75, 3.05) is 11.9 Å². The standard InChI is InChI=1S/C12H19ClN2S/c1-9-5-3-4-6-11(9)15(2)12-14-10(7-13)8-16-12/h8-9,11H,3-7H2,1-2H3. The van der Waals surface area contributed by atoms with Gasteiger partial charge in [-0.3, -0.25) is 0 Å². The normalized spacial score (nSPS) is 25.7. The van der Waals surface area contributed by atoms with Gasteiger partial charge in [0, 0.05) is 18.5 Å². The van der Waals surface area contributed by atoms with Crippen LogP contribution in [0.1, 0.15) is 38.3 Å². The maximum absolute atomic E-state index is 5.79. The highest BCUT2D eigenvalue weighted by Gasteiger charge is 2.26. The Labute approximate surface area is 107 Å². The highest BCUT2D eigenvalue weighted by molar-refractivity contribution is 7.13. The molecular formula is C12H19ClN2S. The molecule has 0 aliphatic heterocycles. The van der Waals surface area contributed by atoms with Crippen molar-refractivity contribution in [1.29, 1.82) is 0 Å². The minimum Gasteiger partial charge on any atom is -0.348 e. The molecule has 16 heavy (non-hydrogen) atoms. The van der Waals surface area contributed by atoms with Crippen LogP contribution in [-0.2, 0) is 5.88 Å². The van der Waals surface area contributed by atoms with Gasteiger partial charge in [0.05, 0.1) is 11.6 Å². The van der Waals surface area contributed by atoms with Gasteiger partial charge in [0.1, 0.15) is 0 Å². The van der Waals surface area contributed by atoms with E-state index in [1.54, 1.807) is 11.3 Å². The van der Waals surface area contributed by atoms with Crippen LogP contribution in [0.15, 0.2) is 5.38 Å². The van der Waals surface area contributed by atoms with Gasteiger partial charge in [0.2, 0.25) is 0 Å². The highest BCUT2D eigenvalue weighted by atomic mass is 35.5. The molecule has 2 rings (SSSR count). The van der Waals surface area contributed by atoms with Crippen LogP contribution in [0.4, 0.5) is 5.13 Å². The number of aromatic nitrogens is 1. The molecule has 2 unspecified atom stereocenters. The molecule has 2 nitrogen and oxygen atoms in total. The summed E-state index contributed by atoms with van der Waals surface area (Å²) in [6, 6.07) is 0.656. The average Bonchev–Trinajstić information content (AvgIpc) is 2.77. The molecular weight excluding hydrogens is 240 g/mol. The van der Waals surface area contributed by atoms with Crippen LogP contribution in [0.5, 0.6) is 0 Å². The summed E-state index contributed by atoms with van der Waals surface area (Å²) >= 11 is 7.49. The Hall–Kier alpha value is -0.280. The van der Waals surface area contributed by atoms with Crippen LogP contribution in [0.25, 0.3) is 0 Å². The van der Waals surface area contributed by atoms with Gasteiger partial charge in [-0.2, -0.15) is 0 Å². The molecule has 2 atom stereocenters. The Morgan fingerprint density at radius 1 is 1.50 bits per heavy atom. The molecule has 1 heterocycles. The third-order valence-corrected chi connectivity index (χ3v) is 4.80. The zero-order valence-electron chi connectivity index (χ0n) is 9.95. The molecule has 4 heteroatoms. The van der Waals surface area contributed by atoms with Crippen molar-refractivity contribution in [1.82, 2.24) is 4.98 Å². The molecule has 0 amide bonds. The third-order valence-electron chi connectivity index (χ3n) is 3.54. The van der Waals surface area contributed by atoms with E-state index in [9.17, 15) is 0 Å². The molecule has 90 valence electrons. The van der Waals surface area contributed by atoms with E-state index in [1.807, 2.05) is 0 Å². The van der Waals surface area contributed by atoms with Crippen LogP contribution >= 0.6 is 22.9 Å². The zero-order chi connectivity index (χ0) is 11.5. The lowest BCUT2D eigenvalue weighted by atomic mass is 9.85. The van der Waals surface area contributed by atoms with Gasteiger partial charge in [-0.15, -0.1) is 22.9 Å². The van der Waals surface area contributed by atoms with Crippen molar-refractivity contribution in [3.05, 3.63) is 11.1 Å². The molecule has 1 aromatic rings. The first-order valence-electron chi connectivity index (χ1n) is 5.95. The Kier molecular flexibility index (Phi) is 4.09. The van der Waals surface area contributed by atoms with Crippen LogP contribution in [-0.4, -0.2) is 18.1 Å². The summed E-state index contributed by atoms with van der Waals surface area (Å²) in [5.74, 6) is 1.30. The number of nitrogens with zero attached hydrogens (tertiary/aromatic N) is 2. The molecule has 1 aromatic heterocycles. The molecule has 0 saturated heterocycles. The molecule has 0 N–H and O–H groups in total. The van der Waals surface area contributed by atoms with E-state index in [2.05, 4.69) is 29.2 Å². The maximum atomic E-state index is 5.79. The Balaban J connectivity index is 2.07. The van der Waals surface area contributed by atoms with Gasteiger partial charge < -0.3 is 4.90 Å². The average molecular weight is 259 g/mol. The van der Waals surface area contributed by atoms with E-state index < -0.39 is 0 Å². The van der Waals surface area contributed by atoms with E-state index in [-0.39, 0.29) is 0 Å². The number of thiazole rings is 1. The van der Waals surface area contributed by atoms with Gasteiger partial charge in [0.15, 0.2) is 5.13 Å². The summed E-state index contributed by atoms with van der Waals surface area (Å²) in [7, 11) is 2.17. The van der Waals surface area contributed by atoms with E-state index >= 15 is 0 Å². The van der Waals surface area contributed by atoms with Gasteiger partial charge in [0.25, 0.3) is 0 Å². The summed E-state index contributed by atoms with van der Waals surface area (Å²) in [6.07, 6.45) is 5.39. The Bertz CT molecular complexity index is 340. The first-order chi connectivity index (χ1) is 7.72. The van der Waals surface area contributed by atoms with Crippen molar-refractivity contribution >= 4 is 28.1 Å². The summed E-state index contributed by atoms with van der Waals surface area (Å²) in [6.45, 7) is 2.36.